The first-order valence-electron chi connectivity index (χ1n) is 4.17. The molecule has 0 saturated heterocycles. The van der Waals surface area contributed by atoms with E-state index >= 15 is 0 Å². The highest BCUT2D eigenvalue weighted by Crippen LogP contribution is 2.08. The van der Waals surface area contributed by atoms with Crippen molar-refractivity contribution in [1.29, 1.82) is 0 Å². The fraction of sp³-hybridized carbons (Fsp3) is 0.100. The third-order valence-corrected chi connectivity index (χ3v) is 1.97. The van der Waals surface area contributed by atoms with Gasteiger partial charge < -0.3 is 10.3 Å². The van der Waals surface area contributed by atoms with Crippen LogP contribution in [0.5, 0.6) is 0 Å². The summed E-state index contributed by atoms with van der Waals surface area (Å²) in [4.78, 5) is 3.98. The van der Waals surface area contributed by atoms with E-state index in [1.807, 2.05) is 35.0 Å². The Morgan fingerprint density at radius 2 is 1.93 bits per heavy atom. The van der Waals surface area contributed by atoms with Gasteiger partial charge in [0.05, 0.1) is 6.33 Å². The molecule has 2 N–H and O–H groups in total. The van der Waals surface area contributed by atoms with Gasteiger partial charge in [-0.05, 0) is 17.7 Å². The van der Waals surface area contributed by atoms with Crippen molar-refractivity contribution in [3.8, 4) is 5.69 Å². The first-order chi connectivity index (χ1) is 6.40. The Bertz CT molecular complexity index is 367. The van der Waals surface area contributed by atoms with Crippen LogP contribution in [-0.4, -0.2) is 9.55 Å². The van der Waals surface area contributed by atoms with E-state index < -0.39 is 0 Å². The number of rotatable bonds is 2. The maximum absolute atomic E-state index is 5.50. The lowest BCUT2D eigenvalue weighted by Crippen LogP contribution is -1.96. The molecule has 3 nitrogen and oxygen atoms in total. The monoisotopic (exact) mass is 209 g/mol. The molecule has 0 spiro atoms. The first kappa shape index (κ1) is 10.8. The van der Waals surface area contributed by atoms with Crippen LogP contribution >= 0.6 is 12.4 Å². The van der Waals surface area contributed by atoms with Crippen LogP contribution in [-0.2, 0) is 6.54 Å². The lowest BCUT2D eigenvalue weighted by molar-refractivity contribution is 1.03. The third kappa shape index (κ3) is 2.13. The van der Waals surface area contributed by atoms with Crippen LogP contribution in [0.3, 0.4) is 0 Å². The molecule has 2 aromatic rings. The number of imidazole rings is 1. The van der Waals surface area contributed by atoms with E-state index in [4.69, 9.17) is 5.73 Å². The average Bonchev–Trinajstić information content (AvgIpc) is 2.71. The van der Waals surface area contributed by atoms with E-state index in [0.717, 1.165) is 11.3 Å². The molecule has 2 rings (SSSR count). The Balaban J connectivity index is 0.000000980. The number of nitrogens with zero attached hydrogens (tertiary/aromatic N) is 2. The second-order valence-corrected chi connectivity index (χ2v) is 2.84. The molecule has 1 heterocycles. The topological polar surface area (TPSA) is 43.8 Å². The van der Waals surface area contributed by atoms with Gasteiger partial charge in [0.1, 0.15) is 0 Å². The molecule has 0 atom stereocenters. The smallest absolute Gasteiger partial charge is 0.0991 e. The SMILES string of the molecule is Cl.NCc1ccc(-n2ccnc2)cc1. The van der Waals surface area contributed by atoms with Crippen LogP contribution in [0, 0.1) is 0 Å². The fourth-order valence-corrected chi connectivity index (χ4v) is 1.22. The van der Waals surface area contributed by atoms with E-state index in [-0.39, 0.29) is 12.4 Å². The van der Waals surface area contributed by atoms with Crippen molar-refractivity contribution in [2.24, 2.45) is 5.73 Å². The minimum absolute atomic E-state index is 0. The molecule has 0 aliphatic rings. The van der Waals surface area contributed by atoms with Gasteiger partial charge in [-0.15, -0.1) is 12.4 Å². The Kier molecular flexibility index (Phi) is 3.68. The number of hydrogen-bond acceptors (Lipinski definition) is 2. The van der Waals surface area contributed by atoms with Crippen LogP contribution in [0.4, 0.5) is 0 Å². The standard InChI is InChI=1S/C10H11N3.ClH/c11-7-9-1-3-10(4-2-9)13-6-5-12-8-13;/h1-6,8H,7,11H2;1H. The normalized spacial score (nSPS) is 9.50. The summed E-state index contributed by atoms with van der Waals surface area (Å²) in [5, 5.41) is 0. The van der Waals surface area contributed by atoms with Crippen molar-refractivity contribution >= 4 is 12.4 Å². The molecule has 74 valence electrons. The molecule has 0 aliphatic carbocycles. The highest BCUT2D eigenvalue weighted by molar-refractivity contribution is 5.85. The van der Waals surface area contributed by atoms with Crippen LogP contribution in [0.2, 0.25) is 0 Å². The lowest BCUT2D eigenvalue weighted by atomic mass is 10.2. The molecule has 4 heteroatoms. The Labute approximate surface area is 89.0 Å². The van der Waals surface area contributed by atoms with Gasteiger partial charge >= 0.3 is 0 Å². The Hall–Kier alpha value is -1.32. The molecule has 0 amide bonds. The summed E-state index contributed by atoms with van der Waals surface area (Å²) in [5.74, 6) is 0. The lowest BCUT2D eigenvalue weighted by Gasteiger charge is -2.02. The zero-order valence-electron chi connectivity index (χ0n) is 7.63. The van der Waals surface area contributed by atoms with Crippen LogP contribution in [0.15, 0.2) is 43.0 Å². The van der Waals surface area contributed by atoms with Crippen molar-refractivity contribution in [3.63, 3.8) is 0 Å². The van der Waals surface area contributed by atoms with E-state index in [9.17, 15) is 0 Å². The molecule has 1 aromatic carbocycles. The van der Waals surface area contributed by atoms with Gasteiger partial charge in [-0.3, -0.25) is 0 Å². The summed E-state index contributed by atoms with van der Waals surface area (Å²) in [6.45, 7) is 0.588. The molecular weight excluding hydrogens is 198 g/mol. The predicted octanol–water partition coefficient (Wildman–Crippen LogP) is 1.75. The van der Waals surface area contributed by atoms with Crippen molar-refractivity contribution in [2.45, 2.75) is 6.54 Å². The van der Waals surface area contributed by atoms with Crippen LogP contribution in [0.25, 0.3) is 5.69 Å². The first-order valence-corrected chi connectivity index (χ1v) is 4.17. The molecule has 0 fully saturated rings. The minimum Gasteiger partial charge on any atom is -0.326 e. The highest BCUT2D eigenvalue weighted by Gasteiger charge is 1.94. The van der Waals surface area contributed by atoms with Crippen LogP contribution < -0.4 is 5.73 Å². The summed E-state index contributed by atoms with van der Waals surface area (Å²) >= 11 is 0. The molecule has 0 saturated carbocycles. The number of hydrogen-bond donors (Lipinski definition) is 1. The zero-order chi connectivity index (χ0) is 9.10. The molecule has 0 radical (unpaired) electrons. The molecule has 14 heavy (non-hydrogen) atoms. The van der Waals surface area contributed by atoms with Crippen molar-refractivity contribution in [3.05, 3.63) is 48.5 Å². The third-order valence-electron chi connectivity index (χ3n) is 1.97. The van der Waals surface area contributed by atoms with Gasteiger partial charge in [0, 0.05) is 24.6 Å². The van der Waals surface area contributed by atoms with Crippen molar-refractivity contribution < 1.29 is 0 Å². The number of aromatic nitrogens is 2. The second kappa shape index (κ2) is 4.79. The molecule has 0 bridgehead atoms. The summed E-state index contributed by atoms with van der Waals surface area (Å²) in [7, 11) is 0. The summed E-state index contributed by atoms with van der Waals surface area (Å²) in [5.41, 5.74) is 7.75. The molecule has 1 aromatic heterocycles. The molecule has 0 unspecified atom stereocenters. The quantitative estimate of drug-likeness (QED) is 0.819. The van der Waals surface area contributed by atoms with Gasteiger partial charge in [-0.25, -0.2) is 4.98 Å². The zero-order valence-corrected chi connectivity index (χ0v) is 8.45. The molecular formula is C10H12ClN3. The summed E-state index contributed by atoms with van der Waals surface area (Å²) < 4.78 is 1.96. The Morgan fingerprint density at radius 3 is 2.43 bits per heavy atom. The minimum atomic E-state index is 0. The van der Waals surface area contributed by atoms with Crippen molar-refractivity contribution in [2.75, 3.05) is 0 Å². The summed E-state index contributed by atoms with van der Waals surface area (Å²) in [6.07, 6.45) is 5.45. The van der Waals surface area contributed by atoms with Crippen molar-refractivity contribution in [1.82, 2.24) is 9.55 Å². The average molecular weight is 210 g/mol. The second-order valence-electron chi connectivity index (χ2n) is 2.84. The van der Waals surface area contributed by atoms with E-state index in [2.05, 4.69) is 4.98 Å². The highest BCUT2D eigenvalue weighted by atomic mass is 35.5. The van der Waals surface area contributed by atoms with Gasteiger partial charge in [-0.1, -0.05) is 12.1 Å². The van der Waals surface area contributed by atoms with Crippen LogP contribution in [0.1, 0.15) is 5.56 Å². The van der Waals surface area contributed by atoms with Gasteiger partial charge in [-0.2, -0.15) is 0 Å². The van der Waals surface area contributed by atoms with Gasteiger partial charge in [0.25, 0.3) is 0 Å². The maximum atomic E-state index is 5.50. The number of halogens is 1. The summed E-state index contributed by atoms with van der Waals surface area (Å²) in [6, 6.07) is 8.11. The van der Waals surface area contributed by atoms with E-state index in [1.165, 1.54) is 0 Å². The van der Waals surface area contributed by atoms with Gasteiger partial charge in [0.15, 0.2) is 0 Å². The van der Waals surface area contributed by atoms with E-state index in [0.29, 0.717) is 6.54 Å². The Morgan fingerprint density at radius 1 is 1.21 bits per heavy atom. The number of benzene rings is 1. The largest absolute Gasteiger partial charge is 0.326 e. The molecule has 0 aliphatic heterocycles. The predicted molar refractivity (Wildman–Crippen MR) is 58.7 cm³/mol. The number of nitrogens with two attached hydrogens (primary N) is 1. The maximum Gasteiger partial charge on any atom is 0.0991 e. The van der Waals surface area contributed by atoms with E-state index in [1.54, 1.807) is 12.5 Å². The van der Waals surface area contributed by atoms with Gasteiger partial charge in [0.2, 0.25) is 0 Å². The fourth-order valence-electron chi connectivity index (χ4n) is 1.22.